The second-order valence-electron chi connectivity index (χ2n) is 3.87. The summed E-state index contributed by atoms with van der Waals surface area (Å²) in [5.74, 6) is 0. The molecule has 0 atom stereocenters. The van der Waals surface area contributed by atoms with Gasteiger partial charge in [-0.15, -0.1) is 0 Å². The molecular weight excluding hydrogens is 238 g/mol. The summed E-state index contributed by atoms with van der Waals surface area (Å²) in [6, 6.07) is 9.61. The maximum absolute atomic E-state index is 8.91. The molecule has 0 unspecified atom stereocenters. The van der Waals surface area contributed by atoms with Crippen molar-refractivity contribution in [3.05, 3.63) is 35.4 Å². The van der Waals surface area contributed by atoms with Gasteiger partial charge in [-0.3, -0.25) is 0 Å². The van der Waals surface area contributed by atoms with Gasteiger partial charge in [0.05, 0.1) is 16.9 Å². The highest BCUT2D eigenvalue weighted by Gasteiger charge is 2.20. The molecule has 0 fully saturated rings. The predicted octanol–water partition coefficient (Wildman–Crippen LogP) is 2.89. The van der Waals surface area contributed by atoms with Crippen LogP contribution < -0.4 is 0 Å². The first-order chi connectivity index (χ1) is 7.48. The Kier molecular flexibility index (Phi) is 4.48. The van der Waals surface area contributed by atoms with Crippen molar-refractivity contribution in [3.8, 4) is 6.07 Å². The lowest BCUT2D eigenvalue weighted by Gasteiger charge is -2.15. The SMILES string of the molecule is CC(C)(C#N)SC(=S)c1ccc(CO)cc1. The van der Waals surface area contributed by atoms with Crippen LogP contribution >= 0.6 is 24.0 Å². The van der Waals surface area contributed by atoms with E-state index in [1.165, 1.54) is 11.8 Å². The third kappa shape index (κ3) is 3.60. The molecule has 4 heteroatoms. The minimum atomic E-state index is -0.507. The maximum atomic E-state index is 8.91. The quantitative estimate of drug-likeness (QED) is 0.839. The van der Waals surface area contributed by atoms with Crippen molar-refractivity contribution in [2.45, 2.75) is 25.2 Å². The smallest absolute Gasteiger partial charge is 0.102 e. The van der Waals surface area contributed by atoms with Crippen molar-refractivity contribution < 1.29 is 5.11 Å². The molecule has 0 amide bonds. The standard InChI is InChI=1S/C12H13NOS2/c1-12(2,8-13)16-11(15)10-5-3-9(7-14)4-6-10/h3-6,14H,7H2,1-2H3. The molecule has 0 aliphatic heterocycles. The summed E-state index contributed by atoms with van der Waals surface area (Å²) < 4.78 is 0.197. The normalized spacial score (nSPS) is 10.9. The van der Waals surface area contributed by atoms with Gasteiger partial charge >= 0.3 is 0 Å². The van der Waals surface area contributed by atoms with Crippen LogP contribution in [0.2, 0.25) is 0 Å². The lowest BCUT2D eigenvalue weighted by Crippen LogP contribution is -2.14. The molecule has 0 radical (unpaired) electrons. The van der Waals surface area contributed by atoms with Gasteiger partial charge in [-0.05, 0) is 25.0 Å². The van der Waals surface area contributed by atoms with Crippen LogP contribution in [-0.2, 0) is 6.61 Å². The van der Waals surface area contributed by atoms with Crippen molar-refractivity contribution in [1.82, 2.24) is 0 Å². The van der Waals surface area contributed by atoms with Crippen LogP contribution in [0, 0.1) is 11.3 Å². The Hall–Kier alpha value is -0.890. The summed E-state index contributed by atoms with van der Waals surface area (Å²) in [4.78, 5) is 0. The van der Waals surface area contributed by atoms with Crippen LogP contribution in [0.3, 0.4) is 0 Å². The van der Waals surface area contributed by atoms with E-state index >= 15 is 0 Å². The molecule has 0 spiro atoms. The minimum Gasteiger partial charge on any atom is -0.392 e. The molecule has 1 aromatic rings. The summed E-state index contributed by atoms with van der Waals surface area (Å²) in [5.41, 5.74) is 1.77. The van der Waals surface area contributed by atoms with E-state index in [1.807, 2.05) is 38.1 Å². The fourth-order valence-corrected chi connectivity index (χ4v) is 2.58. The molecule has 1 aromatic carbocycles. The average molecular weight is 251 g/mol. The fraction of sp³-hybridized carbons (Fsp3) is 0.333. The molecular formula is C12H13NOS2. The van der Waals surface area contributed by atoms with Crippen molar-refractivity contribution in [3.63, 3.8) is 0 Å². The number of hydrogen-bond donors (Lipinski definition) is 1. The zero-order valence-corrected chi connectivity index (χ0v) is 10.9. The number of nitrogens with zero attached hydrogens (tertiary/aromatic N) is 1. The first kappa shape index (κ1) is 13.2. The lowest BCUT2D eigenvalue weighted by atomic mass is 10.2. The molecule has 0 aliphatic rings. The van der Waals surface area contributed by atoms with E-state index in [0.29, 0.717) is 4.20 Å². The Balaban J connectivity index is 2.78. The van der Waals surface area contributed by atoms with Gasteiger partial charge in [-0.25, -0.2) is 0 Å². The molecule has 0 bridgehead atoms. The number of hydrogen-bond acceptors (Lipinski definition) is 4. The van der Waals surface area contributed by atoms with Gasteiger partial charge in [0.25, 0.3) is 0 Å². The molecule has 2 nitrogen and oxygen atoms in total. The van der Waals surface area contributed by atoms with Crippen LogP contribution in [0.5, 0.6) is 0 Å². The van der Waals surface area contributed by atoms with Crippen molar-refractivity contribution in [1.29, 1.82) is 5.26 Å². The molecule has 0 heterocycles. The van der Waals surface area contributed by atoms with Gasteiger partial charge in [-0.2, -0.15) is 5.26 Å². The molecule has 0 aromatic heterocycles. The first-order valence-corrected chi connectivity index (χ1v) is 6.05. The van der Waals surface area contributed by atoms with Crippen LogP contribution in [0.15, 0.2) is 24.3 Å². The largest absolute Gasteiger partial charge is 0.392 e. The van der Waals surface area contributed by atoms with Crippen molar-refractivity contribution in [2.75, 3.05) is 0 Å². The van der Waals surface area contributed by atoms with E-state index in [1.54, 1.807) is 0 Å². The molecule has 0 aliphatic carbocycles. The predicted molar refractivity (Wildman–Crippen MR) is 71.3 cm³/mol. The minimum absolute atomic E-state index is 0.0316. The van der Waals surface area contributed by atoms with Gasteiger partial charge < -0.3 is 5.11 Å². The Labute approximate surface area is 105 Å². The van der Waals surface area contributed by atoms with Gasteiger partial charge in [0.2, 0.25) is 0 Å². The monoisotopic (exact) mass is 251 g/mol. The maximum Gasteiger partial charge on any atom is 0.102 e. The van der Waals surface area contributed by atoms with E-state index in [2.05, 4.69) is 6.07 Å². The van der Waals surface area contributed by atoms with Crippen LogP contribution in [0.25, 0.3) is 0 Å². The number of thioether (sulfide) groups is 1. The number of aliphatic hydroxyl groups is 1. The zero-order valence-electron chi connectivity index (χ0n) is 9.23. The van der Waals surface area contributed by atoms with Crippen LogP contribution in [0.4, 0.5) is 0 Å². The summed E-state index contributed by atoms with van der Waals surface area (Å²) in [5, 5.41) is 17.8. The number of benzene rings is 1. The van der Waals surface area contributed by atoms with Crippen LogP contribution in [-0.4, -0.2) is 14.1 Å². The zero-order chi connectivity index (χ0) is 12.2. The highest BCUT2D eigenvalue weighted by atomic mass is 32.2. The topological polar surface area (TPSA) is 44.0 Å². The van der Waals surface area contributed by atoms with E-state index in [9.17, 15) is 0 Å². The third-order valence-corrected chi connectivity index (χ3v) is 3.50. The molecule has 16 heavy (non-hydrogen) atoms. The molecule has 1 N–H and O–H groups in total. The average Bonchev–Trinajstić information content (AvgIpc) is 2.28. The second-order valence-corrected chi connectivity index (χ2v) is 6.17. The third-order valence-electron chi connectivity index (χ3n) is 1.99. The number of nitriles is 1. The summed E-state index contributed by atoms with van der Waals surface area (Å²) >= 11 is 6.64. The Morgan fingerprint density at radius 3 is 2.44 bits per heavy atom. The lowest BCUT2D eigenvalue weighted by molar-refractivity contribution is 0.282. The van der Waals surface area contributed by atoms with Gasteiger partial charge in [0.15, 0.2) is 0 Å². The van der Waals surface area contributed by atoms with E-state index in [-0.39, 0.29) is 6.61 Å². The molecule has 0 saturated heterocycles. The second kappa shape index (κ2) is 5.44. The van der Waals surface area contributed by atoms with E-state index in [0.717, 1.165) is 11.1 Å². The summed E-state index contributed by atoms with van der Waals surface area (Å²) in [6.45, 7) is 3.71. The van der Waals surface area contributed by atoms with Crippen LogP contribution in [0.1, 0.15) is 25.0 Å². The molecule has 0 saturated carbocycles. The Morgan fingerprint density at radius 1 is 1.44 bits per heavy atom. The van der Waals surface area contributed by atoms with Crippen molar-refractivity contribution >= 4 is 28.2 Å². The summed E-state index contributed by atoms with van der Waals surface area (Å²) in [7, 11) is 0. The first-order valence-electron chi connectivity index (χ1n) is 4.83. The Morgan fingerprint density at radius 2 is 2.00 bits per heavy atom. The van der Waals surface area contributed by atoms with Gasteiger partial charge in [0.1, 0.15) is 4.75 Å². The number of aliphatic hydroxyl groups excluding tert-OH is 1. The highest BCUT2D eigenvalue weighted by Crippen LogP contribution is 2.28. The van der Waals surface area contributed by atoms with Gasteiger partial charge in [0, 0.05) is 0 Å². The molecule has 84 valence electrons. The fourth-order valence-electron chi connectivity index (χ4n) is 1.06. The number of thiocarbonyl (C=S) groups is 1. The summed E-state index contributed by atoms with van der Waals surface area (Å²) in [6.07, 6.45) is 0. The number of rotatable bonds is 3. The highest BCUT2D eigenvalue weighted by molar-refractivity contribution is 8.24. The Bertz CT molecular complexity index is 418. The van der Waals surface area contributed by atoms with E-state index in [4.69, 9.17) is 22.6 Å². The van der Waals surface area contributed by atoms with Gasteiger partial charge in [-0.1, -0.05) is 48.2 Å². The molecule has 1 rings (SSSR count). The van der Waals surface area contributed by atoms with E-state index < -0.39 is 4.75 Å². The van der Waals surface area contributed by atoms with Crippen molar-refractivity contribution in [2.24, 2.45) is 0 Å².